The van der Waals surface area contributed by atoms with Crippen LogP contribution in [0.1, 0.15) is 17.7 Å². The lowest BCUT2D eigenvalue weighted by atomic mass is 9.94. The number of rotatable bonds is 1. The fourth-order valence-corrected chi connectivity index (χ4v) is 1.74. The van der Waals surface area contributed by atoms with Gasteiger partial charge in [-0.1, -0.05) is 0 Å². The first-order valence-electron chi connectivity index (χ1n) is 4.94. The van der Waals surface area contributed by atoms with Gasteiger partial charge in [-0.25, -0.2) is 9.97 Å². The van der Waals surface area contributed by atoms with Gasteiger partial charge in [-0.3, -0.25) is 0 Å². The maximum atomic E-state index is 5.88. The first-order valence-corrected chi connectivity index (χ1v) is 4.94. The van der Waals surface area contributed by atoms with Crippen LogP contribution in [-0.2, 0) is 12.8 Å². The van der Waals surface area contributed by atoms with Gasteiger partial charge in [-0.15, -0.1) is 0 Å². The van der Waals surface area contributed by atoms with Crippen molar-refractivity contribution in [3.05, 3.63) is 17.5 Å². The zero-order valence-corrected chi connectivity index (χ0v) is 8.70. The third-order valence-electron chi connectivity index (χ3n) is 2.58. The van der Waals surface area contributed by atoms with Gasteiger partial charge < -0.3 is 10.6 Å². The van der Waals surface area contributed by atoms with E-state index in [4.69, 9.17) is 5.73 Å². The normalized spacial score (nSPS) is 20.4. The largest absolute Gasteiger partial charge is 0.347 e. The average Bonchev–Trinajstić information content (AvgIpc) is 2.16. The van der Waals surface area contributed by atoms with Crippen LogP contribution in [0, 0.1) is 0 Å². The molecule has 0 radical (unpaired) electrons. The van der Waals surface area contributed by atoms with Gasteiger partial charge >= 0.3 is 0 Å². The average molecular weight is 192 g/mol. The van der Waals surface area contributed by atoms with Crippen LogP contribution in [0.15, 0.2) is 6.20 Å². The highest BCUT2D eigenvalue weighted by molar-refractivity contribution is 5.32. The molecule has 14 heavy (non-hydrogen) atoms. The van der Waals surface area contributed by atoms with Gasteiger partial charge in [0.2, 0.25) is 5.95 Å². The molecule has 2 N–H and O–H groups in total. The van der Waals surface area contributed by atoms with Gasteiger partial charge in [0.05, 0.1) is 0 Å². The van der Waals surface area contributed by atoms with Gasteiger partial charge in [-0.2, -0.15) is 0 Å². The SMILES string of the molecule is CN(C)c1ncc2c(n1)CCC(N)C2. The molecule has 0 spiro atoms. The fourth-order valence-electron chi connectivity index (χ4n) is 1.74. The standard InChI is InChI=1S/C10H16N4/c1-14(2)10-12-6-7-5-8(11)3-4-9(7)13-10/h6,8H,3-5,11H2,1-2H3. The van der Waals surface area contributed by atoms with E-state index in [0.29, 0.717) is 0 Å². The fraction of sp³-hybridized carbons (Fsp3) is 0.600. The van der Waals surface area contributed by atoms with Crippen LogP contribution in [0.5, 0.6) is 0 Å². The van der Waals surface area contributed by atoms with E-state index in [1.54, 1.807) is 0 Å². The van der Waals surface area contributed by atoms with Crippen LogP contribution in [0.3, 0.4) is 0 Å². The molecule has 1 aliphatic rings. The highest BCUT2D eigenvalue weighted by atomic mass is 15.2. The molecule has 1 unspecified atom stereocenters. The van der Waals surface area contributed by atoms with Crippen LogP contribution < -0.4 is 10.6 Å². The van der Waals surface area contributed by atoms with Gasteiger partial charge in [0, 0.05) is 32.0 Å². The van der Waals surface area contributed by atoms with Crippen LogP contribution in [-0.4, -0.2) is 30.1 Å². The minimum Gasteiger partial charge on any atom is -0.347 e. The molecule has 1 heterocycles. The Hall–Kier alpha value is -1.16. The Bertz CT molecular complexity index is 335. The Kier molecular flexibility index (Phi) is 2.37. The summed E-state index contributed by atoms with van der Waals surface area (Å²) in [6, 6.07) is 0.288. The molecule has 1 aliphatic carbocycles. The Morgan fingerprint density at radius 1 is 1.50 bits per heavy atom. The summed E-state index contributed by atoms with van der Waals surface area (Å²) in [6.07, 6.45) is 4.86. The van der Waals surface area contributed by atoms with Crippen molar-refractivity contribution >= 4 is 5.95 Å². The maximum Gasteiger partial charge on any atom is 0.224 e. The number of anilines is 1. The number of hydrogen-bond donors (Lipinski definition) is 1. The molecular formula is C10H16N4. The summed E-state index contributed by atoms with van der Waals surface area (Å²) in [5.41, 5.74) is 8.27. The summed E-state index contributed by atoms with van der Waals surface area (Å²) < 4.78 is 0. The Labute approximate surface area is 84.2 Å². The van der Waals surface area contributed by atoms with Crippen molar-refractivity contribution in [1.82, 2.24) is 9.97 Å². The predicted octanol–water partition coefficient (Wildman–Crippen LogP) is 0.359. The van der Waals surface area contributed by atoms with E-state index in [2.05, 4.69) is 9.97 Å². The lowest BCUT2D eigenvalue weighted by Crippen LogP contribution is -2.29. The number of fused-ring (bicyclic) bond motifs is 1. The van der Waals surface area contributed by atoms with Crippen LogP contribution in [0.2, 0.25) is 0 Å². The summed E-state index contributed by atoms with van der Waals surface area (Å²) in [5.74, 6) is 0.791. The van der Waals surface area contributed by atoms with Gasteiger partial charge in [0.1, 0.15) is 0 Å². The van der Waals surface area contributed by atoms with Crippen molar-refractivity contribution in [2.45, 2.75) is 25.3 Å². The zero-order chi connectivity index (χ0) is 10.1. The quantitative estimate of drug-likeness (QED) is 0.698. The second-order valence-electron chi connectivity index (χ2n) is 4.04. The highest BCUT2D eigenvalue weighted by Crippen LogP contribution is 2.19. The number of hydrogen-bond acceptors (Lipinski definition) is 4. The Balaban J connectivity index is 2.31. The number of nitrogens with zero attached hydrogens (tertiary/aromatic N) is 3. The van der Waals surface area contributed by atoms with Gasteiger partial charge in [-0.05, 0) is 24.8 Å². The van der Waals surface area contributed by atoms with Crippen molar-refractivity contribution in [3.63, 3.8) is 0 Å². The minimum absolute atomic E-state index is 0.288. The molecule has 0 aliphatic heterocycles. The Morgan fingerprint density at radius 3 is 3.00 bits per heavy atom. The summed E-state index contributed by atoms with van der Waals surface area (Å²) in [7, 11) is 3.91. The number of nitrogens with two attached hydrogens (primary N) is 1. The monoisotopic (exact) mass is 192 g/mol. The summed E-state index contributed by atoms with van der Waals surface area (Å²) in [4.78, 5) is 10.7. The number of aryl methyl sites for hydroxylation is 1. The molecule has 1 aromatic rings. The lowest BCUT2D eigenvalue weighted by molar-refractivity contribution is 0.563. The summed E-state index contributed by atoms with van der Waals surface area (Å²) in [5, 5.41) is 0. The molecule has 1 aromatic heterocycles. The molecule has 76 valence electrons. The molecule has 0 saturated carbocycles. The number of aromatic nitrogens is 2. The second-order valence-corrected chi connectivity index (χ2v) is 4.04. The van der Waals surface area contributed by atoms with E-state index in [1.807, 2.05) is 25.2 Å². The topological polar surface area (TPSA) is 55.0 Å². The third-order valence-corrected chi connectivity index (χ3v) is 2.58. The van der Waals surface area contributed by atoms with E-state index in [9.17, 15) is 0 Å². The first kappa shape index (κ1) is 9.40. The van der Waals surface area contributed by atoms with Gasteiger partial charge in [0.25, 0.3) is 0 Å². The van der Waals surface area contributed by atoms with E-state index in [0.717, 1.165) is 25.2 Å². The molecule has 0 bridgehead atoms. The molecular weight excluding hydrogens is 176 g/mol. The smallest absolute Gasteiger partial charge is 0.224 e. The van der Waals surface area contributed by atoms with Crippen molar-refractivity contribution in [3.8, 4) is 0 Å². The zero-order valence-electron chi connectivity index (χ0n) is 8.70. The molecule has 0 fully saturated rings. The lowest BCUT2D eigenvalue weighted by Gasteiger charge is -2.21. The molecule has 0 aromatic carbocycles. The predicted molar refractivity (Wildman–Crippen MR) is 56.4 cm³/mol. The summed E-state index contributed by atoms with van der Waals surface area (Å²) >= 11 is 0. The van der Waals surface area contributed by atoms with E-state index in [-0.39, 0.29) is 6.04 Å². The second kappa shape index (κ2) is 3.53. The van der Waals surface area contributed by atoms with E-state index >= 15 is 0 Å². The molecule has 4 nitrogen and oxygen atoms in total. The van der Waals surface area contributed by atoms with Crippen LogP contribution in [0.25, 0.3) is 0 Å². The van der Waals surface area contributed by atoms with Crippen molar-refractivity contribution < 1.29 is 0 Å². The van der Waals surface area contributed by atoms with Crippen molar-refractivity contribution in [1.29, 1.82) is 0 Å². The summed E-state index contributed by atoms with van der Waals surface area (Å²) in [6.45, 7) is 0. The molecule has 1 atom stereocenters. The minimum atomic E-state index is 0.288. The third kappa shape index (κ3) is 1.70. The van der Waals surface area contributed by atoms with Crippen LogP contribution >= 0.6 is 0 Å². The van der Waals surface area contributed by atoms with Crippen molar-refractivity contribution in [2.24, 2.45) is 5.73 Å². The van der Waals surface area contributed by atoms with Gasteiger partial charge in [0.15, 0.2) is 0 Å². The highest BCUT2D eigenvalue weighted by Gasteiger charge is 2.17. The molecule has 0 amide bonds. The molecule has 4 heteroatoms. The first-order chi connectivity index (χ1) is 6.66. The van der Waals surface area contributed by atoms with Crippen LogP contribution in [0.4, 0.5) is 5.95 Å². The van der Waals surface area contributed by atoms with Crippen molar-refractivity contribution in [2.75, 3.05) is 19.0 Å². The van der Waals surface area contributed by atoms with E-state index < -0.39 is 0 Å². The Morgan fingerprint density at radius 2 is 2.29 bits per heavy atom. The molecule has 2 rings (SSSR count). The maximum absolute atomic E-state index is 5.88. The van der Waals surface area contributed by atoms with E-state index in [1.165, 1.54) is 11.3 Å². The molecule has 0 saturated heterocycles.